The van der Waals surface area contributed by atoms with E-state index in [1.807, 2.05) is 47.4 Å². The Labute approximate surface area is 307 Å². The van der Waals surface area contributed by atoms with Gasteiger partial charge >= 0.3 is 0 Å². The highest BCUT2D eigenvalue weighted by Gasteiger charge is 2.30. The highest BCUT2D eigenvalue weighted by molar-refractivity contribution is 6.02. The number of rotatable bonds is 12. The number of aromatic amines is 1. The molecule has 0 radical (unpaired) electrons. The lowest BCUT2D eigenvalue weighted by atomic mass is 10.0. The number of aromatic nitrogens is 4. The van der Waals surface area contributed by atoms with Crippen LogP contribution in [0.5, 0.6) is 5.75 Å². The largest absolute Gasteiger partial charge is 0.494 e. The predicted molar refractivity (Wildman–Crippen MR) is 204 cm³/mol. The Morgan fingerprint density at radius 1 is 1.06 bits per heavy atom. The van der Waals surface area contributed by atoms with Crippen LogP contribution in [0.15, 0.2) is 72.0 Å². The summed E-state index contributed by atoms with van der Waals surface area (Å²) in [6.07, 6.45) is 7.65. The molecule has 4 N–H and O–H groups in total. The minimum atomic E-state index is -0.324. The molecule has 3 aromatic heterocycles. The molecule has 53 heavy (non-hydrogen) atoms. The van der Waals surface area contributed by atoms with E-state index >= 15 is 0 Å². The topological polar surface area (TPSA) is 165 Å². The number of ether oxygens (including phenoxy) is 1. The van der Waals surface area contributed by atoms with Gasteiger partial charge in [-0.3, -0.25) is 14.5 Å². The van der Waals surface area contributed by atoms with Gasteiger partial charge in [-0.15, -0.1) is 0 Å². The second-order valence-corrected chi connectivity index (χ2v) is 13.3. The number of anilines is 4. The number of carbonyl (C=O) groups excluding carboxylic acids is 2. The van der Waals surface area contributed by atoms with Crippen molar-refractivity contribution in [2.45, 2.75) is 38.6 Å². The number of piperazine rings is 1. The Bertz CT molecular complexity index is 2090. The van der Waals surface area contributed by atoms with Gasteiger partial charge in [0.15, 0.2) is 0 Å². The molecule has 0 unspecified atom stereocenters. The summed E-state index contributed by atoms with van der Waals surface area (Å²) in [5, 5.41) is 16.8. The van der Waals surface area contributed by atoms with Crippen molar-refractivity contribution >= 4 is 45.8 Å². The van der Waals surface area contributed by atoms with Crippen molar-refractivity contribution < 1.29 is 23.8 Å². The molecule has 14 heteroatoms. The van der Waals surface area contributed by atoms with Crippen LogP contribution in [0.2, 0.25) is 0 Å². The first kappa shape index (κ1) is 35.7. The van der Waals surface area contributed by atoms with Crippen molar-refractivity contribution in [2.75, 3.05) is 68.5 Å². The van der Waals surface area contributed by atoms with E-state index in [0.29, 0.717) is 59.0 Å². The van der Waals surface area contributed by atoms with Crippen LogP contribution < -0.4 is 20.3 Å². The van der Waals surface area contributed by atoms with E-state index in [2.05, 4.69) is 37.0 Å². The van der Waals surface area contributed by atoms with E-state index < -0.39 is 0 Å². The number of fused-ring (bicyclic) bond motifs is 1. The molecular weight excluding hydrogens is 674 g/mol. The first-order chi connectivity index (χ1) is 25.8. The van der Waals surface area contributed by atoms with Crippen molar-refractivity contribution in [1.29, 1.82) is 0 Å². The number of benzene rings is 2. The maximum atomic E-state index is 12.7. The molecule has 5 aromatic rings. The summed E-state index contributed by atoms with van der Waals surface area (Å²) in [6.45, 7) is 10.2. The van der Waals surface area contributed by atoms with E-state index in [9.17, 15) is 14.7 Å². The summed E-state index contributed by atoms with van der Waals surface area (Å²) in [6, 6.07) is 13.9. The highest BCUT2D eigenvalue weighted by Crippen LogP contribution is 2.40. The average molecular weight is 720 g/mol. The van der Waals surface area contributed by atoms with Crippen LogP contribution in [0.1, 0.15) is 32.0 Å². The third-order valence-corrected chi connectivity index (χ3v) is 10.1. The third-order valence-electron chi connectivity index (χ3n) is 10.1. The van der Waals surface area contributed by atoms with Gasteiger partial charge in [-0.1, -0.05) is 18.7 Å². The molecule has 2 amide bonds. The Morgan fingerprint density at radius 3 is 2.60 bits per heavy atom. The standard InChI is InChI=1S/C39H45N9O5/c1-4-36(51)41-30-23-31(34(52-3)24-32(30)48-14-10-28(11-15-48)47-18-16-46(17-19-47)25(2)50)43-39-40-13-9-29(42-39)38-37(44-35(45-38)6-5-20-49)27-8-7-26-12-21-53-33(26)22-27/h4,7-9,12-13,21-24,28,49H,1,5-6,10-11,14-20H2,2-3H3,(H,41,51)(H,44,45)(H,40,42,43). The van der Waals surface area contributed by atoms with Gasteiger partial charge in [0.2, 0.25) is 17.8 Å². The predicted octanol–water partition coefficient (Wildman–Crippen LogP) is 5.21. The second-order valence-electron chi connectivity index (χ2n) is 13.3. The molecule has 0 aliphatic carbocycles. The van der Waals surface area contributed by atoms with Crippen LogP contribution in [0.25, 0.3) is 33.6 Å². The average Bonchev–Trinajstić information content (AvgIpc) is 3.85. The first-order valence-corrected chi connectivity index (χ1v) is 18.0. The number of furan rings is 1. The lowest BCUT2D eigenvalue weighted by molar-refractivity contribution is -0.131. The minimum Gasteiger partial charge on any atom is -0.494 e. The number of nitrogens with one attached hydrogen (secondary N) is 3. The van der Waals surface area contributed by atoms with Crippen molar-refractivity contribution in [3.8, 4) is 28.4 Å². The number of aryl methyl sites for hydroxylation is 1. The number of piperidine rings is 1. The molecule has 7 rings (SSSR count). The molecule has 2 fully saturated rings. The van der Waals surface area contributed by atoms with Crippen molar-refractivity contribution in [3.63, 3.8) is 0 Å². The number of nitrogens with zero attached hydrogens (tertiary/aromatic N) is 6. The molecule has 14 nitrogen and oxygen atoms in total. The molecule has 2 saturated heterocycles. The number of hydrogen-bond acceptors (Lipinski definition) is 11. The Balaban J connectivity index is 1.14. The van der Waals surface area contributed by atoms with Crippen LogP contribution in [0, 0.1) is 0 Å². The number of aliphatic hydroxyl groups excluding tert-OH is 1. The summed E-state index contributed by atoms with van der Waals surface area (Å²) < 4.78 is 11.5. The maximum Gasteiger partial charge on any atom is 0.247 e. The van der Waals surface area contributed by atoms with Crippen LogP contribution in [0.4, 0.5) is 23.0 Å². The second kappa shape index (κ2) is 15.9. The SMILES string of the molecule is C=CC(=O)Nc1cc(Nc2nccc(-c3[nH]c(CCCO)nc3-c3ccc4ccoc4c3)n2)c(OC)cc1N1CCC(N2CCN(C(C)=O)CC2)CC1. The summed E-state index contributed by atoms with van der Waals surface area (Å²) in [5.41, 5.74) is 5.68. The molecule has 0 atom stereocenters. The van der Waals surface area contributed by atoms with Gasteiger partial charge in [0.05, 0.1) is 47.5 Å². The van der Waals surface area contributed by atoms with Gasteiger partial charge < -0.3 is 39.7 Å². The van der Waals surface area contributed by atoms with Crippen LogP contribution in [-0.2, 0) is 16.0 Å². The fourth-order valence-corrected chi connectivity index (χ4v) is 7.22. The molecule has 5 heterocycles. The molecule has 0 saturated carbocycles. The molecule has 2 aliphatic rings. The number of carbonyl (C=O) groups is 2. The van der Waals surface area contributed by atoms with Crippen LogP contribution >= 0.6 is 0 Å². The van der Waals surface area contributed by atoms with E-state index in [1.54, 1.807) is 26.5 Å². The lowest BCUT2D eigenvalue weighted by Crippen LogP contribution is -2.54. The maximum absolute atomic E-state index is 12.7. The summed E-state index contributed by atoms with van der Waals surface area (Å²) in [5.74, 6) is 1.43. The molecule has 2 aliphatic heterocycles. The zero-order valence-electron chi connectivity index (χ0n) is 30.1. The monoisotopic (exact) mass is 719 g/mol. The van der Waals surface area contributed by atoms with Crippen molar-refractivity contribution in [2.24, 2.45) is 0 Å². The van der Waals surface area contributed by atoms with E-state index in [4.69, 9.17) is 19.1 Å². The summed E-state index contributed by atoms with van der Waals surface area (Å²) in [4.78, 5) is 48.9. The Kier molecular flexibility index (Phi) is 10.7. The molecular formula is C39H45N9O5. The molecule has 2 aromatic carbocycles. The molecule has 0 bridgehead atoms. The van der Waals surface area contributed by atoms with Gasteiger partial charge in [-0.2, -0.15) is 0 Å². The molecule has 0 spiro atoms. The number of amides is 2. The van der Waals surface area contributed by atoms with E-state index in [0.717, 1.165) is 80.2 Å². The van der Waals surface area contributed by atoms with Crippen molar-refractivity contribution in [3.05, 3.63) is 73.4 Å². The van der Waals surface area contributed by atoms with Crippen molar-refractivity contribution in [1.82, 2.24) is 29.7 Å². The van der Waals surface area contributed by atoms with Gasteiger partial charge in [-0.25, -0.2) is 15.0 Å². The number of methoxy groups -OCH3 is 1. The minimum absolute atomic E-state index is 0.0557. The zero-order valence-corrected chi connectivity index (χ0v) is 30.1. The Hall–Kier alpha value is -5.73. The smallest absolute Gasteiger partial charge is 0.247 e. The van der Waals surface area contributed by atoms with Gasteiger partial charge in [0.25, 0.3) is 0 Å². The van der Waals surface area contributed by atoms with Crippen LogP contribution in [-0.4, -0.2) is 106 Å². The summed E-state index contributed by atoms with van der Waals surface area (Å²) >= 11 is 0. The van der Waals surface area contributed by atoms with Crippen LogP contribution in [0.3, 0.4) is 0 Å². The Morgan fingerprint density at radius 2 is 1.87 bits per heavy atom. The van der Waals surface area contributed by atoms with Gasteiger partial charge in [0.1, 0.15) is 17.2 Å². The number of hydrogen-bond donors (Lipinski definition) is 4. The number of aliphatic hydroxyl groups is 1. The quantitative estimate of drug-likeness (QED) is 0.125. The lowest BCUT2D eigenvalue weighted by Gasteiger charge is -2.43. The third kappa shape index (κ3) is 7.88. The van der Waals surface area contributed by atoms with Gasteiger partial charge in [0, 0.05) is 88.5 Å². The molecule has 276 valence electrons. The van der Waals surface area contributed by atoms with Gasteiger partial charge in [-0.05, 0) is 49.6 Å². The summed E-state index contributed by atoms with van der Waals surface area (Å²) in [7, 11) is 1.61. The first-order valence-electron chi connectivity index (χ1n) is 18.0. The highest BCUT2D eigenvalue weighted by atomic mass is 16.5. The zero-order chi connectivity index (χ0) is 36.9. The fraction of sp³-hybridized carbons (Fsp3) is 0.359. The normalized spacial score (nSPS) is 15.5. The number of H-pyrrole nitrogens is 1. The van der Waals surface area contributed by atoms with E-state index in [1.165, 1.54) is 6.08 Å². The number of imidazole rings is 1. The fourth-order valence-electron chi connectivity index (χ4n) is 7.22. The van der Waals surface area contributed by atoms with E-state index in [-0.39, 0.29) is 18.4 Å².